The Morgan fingerprint density at radius 3 is 2.55 bits per heavy atom. The Balaban J connectivity index is 2.38. The Hall–Kier alpha value is -0.0800. The standard InChI is InChI=1S/C12H10Br2ClNO2S2/c1-2-7-5-8(13)3-4-10(7)16-20(17,18)11-6-9(15)12(14)19-11/h3-6,16H,2H2,1H3. The van der Waals surface area contributed by atoms with Gasteiger partial charge in [-0.25, -0.2) is 8.42 Å². The van der Waals surface area contributed by atoms with Crippen molar-refractivity contribution in [3.63, 3.8) is 0 Å². The average Bonchev–Trinajstić information content (AvgIpc) is 2.72. The molecule has 0 fully saturated rings. The van der Waals surface area contributed by atoms with Crippen molar-refractivity contribution in [1.29, 1.82) is 0 Å². The maximum atomic E-state index is 12.3. The van der Waals surface area contributed by atoms with Gasteiger partial charge in [0.1, 0.15) is 4.21 Å². The summed E-state index contributed by atoms with van der Waals surface area (Å²) in [6.07, 6.45) is 0.728. The van der Waals surface area contributed by atoms with Gasteiger partial charge in [-0.2, -0.15) is 0 Å². The van der Waals surface area contributed by atoms with E-state index in [1.54, 1.807) is 12.1 Å². The van der Waals surface area contributed by atoms with E-state index < -0.39 is 10.0 Å². The van der Waals surface area contributed by atoms with Crippen LogP contribution in [0.1, 0.15) is 12.5 Å². The quantitative estimate of drug-likeness (QED) is 0.675. The summed E-state index contributed by atoms with van der Waals surface area (Å²) in [6.45, 7) is 1.97. The van der Waals surface area contributed by atoms with Crippen molar-refractivity contribution in [2.75, 3.05) is 4.72 Å². The van der Waals surface area contributed by atoms with Crippen LogP contribution < -0.4 is 4.72 Å². The Morgan fingerprint density at radius 1 is 1.30 bits per heavy atom. The van der Waals surface area contributed by atoms with E-state index in [4.69, 9.17) is 11.6 Å². The van der Waals surface area contributed by atoms with Gasteiger partial charge in [-0.3, -0.25) is 4.72 Å². The number of thiophene rings is 1. The second-order valence-electron chi connectivity index (χ2n) is 3.95. The van der Waals surface area contributed by atoms with Crippen molar-refractivity contribution in [1.82, 2.24) is 0 Å². The maximum Gasteiger partial charge on any atom is 0.271 e. The average molecular weight is 460 g/mol. The fourth-order valence-electron chi connectivity index (χ4n) is 1.61. The van der Waals surface area contributed by atoms with Crippen LogP contribution in [-0.2, 0) is 16.4 Å². The molecule has 1 aromatic heterocycles. The molecule has 3 nitrogen and oxygen atoms in total. The fraction of sp³-hybridized carbons (Fsp3) is 0.167. The molecule has 1 aromatic carbocycles. The molecule has 108 valence electrons. The molecule has 0 aliphatic carbocycles. The minimum absolute atomic E-state index is 0.180. The van der Waals surface area contributed by atoms with E-state index in [0.717, 1.165) is 27.8 Å². The minimum Gasteiger partial charge on any atom is -0.279 e. The molecule has 2 rings (SSSR count). The Bertz CT molecular complexity index is 724. The van der Waals surface area contributed by atoms with Crippen LogP contribution in [0.2, 0.25) is 5.02 Å². The third-order valence-electron chi connectivity index (χ3n) is 2.58. The Morgan fingerprint density at radius 2 is 2.00 bits per heavy atom. The van der Waals surface area contributed by atoms with Crippen LogP contribution in [0.3, 0.4) is 0 Å². The number of nitrogens with one attached hydrogen (secondary N) is 1. The molecule has 0 unspecified atom stereocenters. The predicted molar refractivity (Wildman–Crippen MR) is 91.4 cm³/mol. The zero-order valence-corrected chi connectivity index (χ0v) is 15.8. The summed E-state index contributed by atoms with van der Waals surface area (Å²) < 4.78 is 29.0. The first-order valence-corrected chi connectivity index (χ1v) is 9.86. The molecule has 0 aliphatic heterocycles. The molecule has 0 saturated heterocycles. The van der Waals surface area contributed by atoms with Crippen molar-refractivity contribution in [2.24, 2.45) is 0 Å². The van der Waals surface area contributed by atoms with E-state index >= 15 is 0 Å². The summed E-state index contributed by atoms with van der Waals surface area (Å²) in [7, 11) is -3.62. The van der Waals surface area contributed by atoms with E-state index in [1.807, 2.05) is 13.0 Å². The first-order valence-electron chi connectivity index (χ1n) is 5.59. The molecule has 0 bridgehead atoms. The van der Waals surface area contributed by atoms with Crippen LogP contribution in [0.4, 0.5) is 5.69 Å². The van der Waals surface area contributed by atoms with Crippen molar-refractivity contribution in [2.45, 2.75) is 17.6 Å². The van der Waals surface area contributed by atoms with Crippen LogP contribution in [0.5, 0.6) is 0 Å². The van der Waals surface area contributed by atoms with Crippen molar-refractivity contribution in [3.8, 4) is 0 Å². The first-order chi connectivity index (χ1) is 9.33. The monoisotopic (exact) mass is 457 g/mol. The number of halogens is 3. The van der Waals surface area contributed by atoms with Gasteiger partial charge in [0.25, 0.3) is 10.0 Å². The summed E-state index contributed by atoms with van der Waals surface area (Å²) in [5.74, 6) is 0. The second-order valence-corrected chi connectivity index (χ2v) is 9.55. The van der Waals surface area contributed by atoms with E-state index in [-0.39, 0.29) is 4.21 Å². The lowest BCUT2D eigenvalue weighted by atomic mass is 10.1. The molecule has 8 heteroatoms. The number of hydrogen-bond donors (Lipinski definition) is 1. The largest absolute Gasteiger partial charge is 0.279 e. The molecular formula is C12H10Br2ClNO2S2. The normalized spacial score (nSPS) is 11.6. The molecule has 1 heterocycles. The number of sulfonamides is 1. The van der Waals surface area contributed by atoms with Gasteiger partial charge in [-0.1, -0.05) is 34.5 Å². The van der Waals surface area contributed by atoms with Crippen molar-refractivity contribution in [3.05, 3.63) is 43.1 Å². The summed E-state index contributed by atoms with van der Waals surface area (Å²) in [6, 6.07) is 6.87. The molecule has 1 N–H and O–H groups in total. The highest BCUT2D eigenvalue weighted by Crippen LogP contribution is 2.35. The van der Waals surface area contributed by atoms with Gasteiger partial charge in [-0.05, 0) is 52.2 Å². The van der Waals surface area contributed by atoms with E-state index in [2.05, 4.69) is 36.6 Å². The van der Waals surface area contributed by atoms with Gasteiger partial charge in [0, 0.05) is 4.47 Å². The molecule has 20 heavy (non-hydrogen) atoms. The summed E-state index contributed by atoms with van der Waals surface area (Å²) in [5.41, 5.74) is 1.50. The number of benzene rings is 1. The lowest BCUT2D eigenvalue weighted by Crippen LogP contribution is -2.12. The summed E-state index contributed by atoms with van der Waals surface area (Å²) in [4.78, 5) is 0. The van der Waals surface area contributed by atoms with Crippen LogP contribution in [0.25, 0.3) is 0 Å². The Labute approximate surface area is 143 Å². The lowest BCUT2D eigenvalue weighted by Gasteiger charge is -2.11. The summed E-state index contributed by atoms with van der Waals surface area (Å²) >= 11 is 13.6. The van der Waals surface area contributed by atoms with E-state index in [1.165, 1.54) is 6.07 Å². The molecule has 0 atom stereocenters. The van der Waals surface area contributed by atoms with Crippen molar-refractivity contribution < 1.29 is 8.42 Å². The predicted octanol–water partition coefficient (Wildman–Crippen LogP) is 5.29. The highest BCUT2D eigenvalue weighted by Gasteiger charge is 2.20. The number of aryl methyl sites for hydroxylation is 1. The van der Waals surface area contributed by atoms with Gasteiger partial charge < -0.3 is 0 Å². The molecule has 0 radical (unpaired) electrons. The van der Waals surface area contributed by atoms with Gasteiger partial charge in [0.05, 0.1) is 14.5 Å². The molecule has 0 saturated carbocycles. The molecular weight excluding hydrogens is 450 g/mol. The van der Waals surface area contributed by atoms with Crippen molar-refractivity contribution >= 4 is 70.5 Å². The Kier molecular flexibility index (Phi) is 5.18. The molecule has 0 amide bonds. The molecule has 0 aliphatic rings. The van der Waals surface area contributed by atoms with Crippen LogP contribution in [0, 0.1) is 0 Å². The van der Waals surface area contributed by atoms with E-state index in [0.29, 0.717) is 14.5 Å². The van der Waals surface area contributed by atoms with Gasteiger partial charge in [0.2, 0.25) is 0 Å². The van der Waals surface area contributed by atoms with Crippen LogP contribution >= 0.6 is 54.8 Å². The molecule has 0 spiro atoms. The zero-order valence-electron chi connectivity index (χ0n) is 10.3. The third kappa shape index (κ3) is 3.57. The zero-order chi connectivity index (χ0) is 14.9. The van der Waals surface area contributed by atoms with E-state index in [9.17, 15) is 8.42 Å². The summed E-state index contributed by atoms with van der Waals surface area (Å²) in [5, 5.41) is 0.391. The lowest BCUT2D eigenvalue weighted by molar-refractivity contribution is 0.603. The highest BCUT2D eigenvalue weighted by molar-refractivity contribution is 9.11. The fourth-order valence-corrected chi connectivity index (χ4v) is 5.52. The minimum atomic E-state index is -3.62. The van der Waals surface area contributed by atoms with Crippen LogP contribution in [0.15, 0.2) is 36.7 Å². The number of anilines is 1. The second kappa shape index (κ2) is 6.36. The first kappa shape index (κ1) is 16.3. The maximum absolute atomic E-state index is 12.3. The number of hydrogen-bond acceptors (Lipinski definition) is 3. The highest BCUT2D eigenvalue weighted by atomic mass is 79.9. The molecule has 2 aromatic rings. The number of rotatable bonds is 4. The van der Waals surface area contributed by atoms with Gasteiger partial charge in [-0.15, -0.1) is 11.3 Å². The van der Waals surface area contributed by atoms with Gasteiger partial charge in [0.15, 0.2) is 0 Å². The van der Waals surface area contributed by atoms with Crippen LogP contribution in [-0.4, -0.2) is 8.42 Å². The van der Waals surface area contributed by atoms with Gasteiger partial charge >= 0.3 is 0 Å². The smallest absolute Gasteiger partial charge is 0.271 e. The topological polar surface area (TPSA) is 46.2 Å². The SMILES string of the molecule is CCc1cc(Br)ccc1NS(=O)(=O)c1cc(Cl)c(Br)s1. The third-order valence-corrected chi connectivity index (χ3v) is 7.39.